The molecule has 0 unspecified atom stereocenters. The minimum atomic E-state index is -5.27. The number of halogens is 5. The molecular weight excluding hydrogens is 505 g/mol. The summed E-state index contributed by atoms with van der Waals surface area (Å²) in [4.78, 5) is 51.1. The molecule has 0 aromatic rings. The number of carbonyl (C=O) groups is 4. The minimum Gasteiger partial charge on any atom is -0.356 e. The van der Waals surface area contributed by atoms with Crippen molar-refractivity contribution in [2.45, 2.75) is 88.6 Å². The van der Waals surface area contributed by atoms with Crippen molar-refractivity contribution in [2.24, 2.45) is 17.8 Å². The van der Waals surface area contributed by atoms with Gasteiger partial charge in [-0.15, -0.1) is 0 Å². The van der Waals surface area contributed by atoms with Crippen molar-refractivity contribution in [1.82, 2.24) is 20.9 Å². The van der Waals surface area contributed by atoms with Gasteiger partial charge in [0.05, 0.1) is 12.0 Å². The zero-order valence-corrected chi connectivity index (χ0v) is 20.4. The normalized spacial score (nSPS) is 28.3. The van der Waals surface area contributed by atoms with E-state index in [-0.39, 0.29) is 37.5 Å². The van der Waals surface area contributed by atoms with E-state index in [2.05, 4.69) is 10.6 Å². The molecule has 6 atom stereocenters. The second-order valence-corrected chi connectivity index (χ2v) is 10.3. The number of hydrogen-bond acceptors (Lipinski definition) is 5. The fraction of sp³-hybridized carbons (Fsp3) is 0.783. The number of amides is 4. The summed E-state index contributed by atoms with van der Waals surface area (Å²) in [5.74, 6) is -10.6. The van der Waals surface area contributed by atoms with Gasteiger partial charge >= 0.3 is 12.1 Å². The molecule has 206 valence electrons. The van der Waals surface area contributed by atoms with E-state index in [9.17, 15) is 46.4 Å². The fourth-order valence-corrected chi connectivity index (χ4v) is 5.49. The van der Waals surface area contributed by atoms with Gasteiger partial charge < -0.3 is 20.9 Å². The SMILES string of the molecule is CC(C)C[C@H](NC(=O)C(F)(F)F)C(=O)N1[C@@H]2CC[C@H]([C@H]1C(=O)N[C@H](C#N)C[C@H]1CCNC1=O)C(F)(F)C2. The summed E-state index contributed by atoms with van der Waals surface area (Å²) in [5.41, 5.74) is 0. The summed E-state index contributed by atoms with van der Waals surface area (Å²) >= 11 is 0. The Balaban J connectivity index is 1.87. The third-order valence-electron chi connectivity index (χ3n) is 7.18. The van der Waals surface area contributed by atoms with E-state index in [0.29, 0.717) is 13.0 Å². The molecule has 3 saturated heterocycles. The Morgan fingerprint density at radius 3 is 2.38 bits per heavy atom. The number of rotatable bonds is 8. The number of alkyl halides is 5. The van der Waals surface area contributed by atoms with E-state index in [1.807, 2.05) is 6.07 Å². The molecule has 2 bridgehead atoms. The lowest BCUT2D eigenvalue weighted by atomic mass is 9.71. The summed E-state index contributed by atoms with van der Waals surface area (Å²) in [6.07, 6.45) is -5.87. The minimum absolute atomic E-state index is 0.0587. The number of nitrogens with one attached hydrogen (secondary N) is 3. The molecule has 3 aliphatic heterocycles. The summed E-state index contributed by atoms with van der Waals surface area (Å²) in [6.45, 7) is 3.62. The molecule has 9 nitrogen and oxygen atoms in total. The van der Waals surface area contributed by atoms with Crippen LogP contribution in [0.4, 0.5) is 22.0 Å². The highest BCUT2D eigenvalue weighted by molar-refractivity contribution is 5.94. The van der Waals surface area contributed by atoms with Crippen LogP contribution in [0.2, 0.25) is 0 Å². The summed E-state index contributed by atoms with van der Waals surface area (Å²) < 4.78 is 68.5. The first-order valence-electron chi connectivity index (χ1n) is 12.2. The van der Waals surface area contributed by atoms with Crippen molar-refractivity contribution < 1.29 is 41.1 Å². The highest BCUT2D eigenvalue weighted by Crippen LogP contribution is 2.49. The summed E-state index contributed by atoms with van der Waals surface area (Å²) in [6, 6.07) is -3.94. The molecule has 4 amide bonds. The molecule has 3 N–H and O–H groups in total. The first kappa shape index (κ1) is 28.6. The highest BCUT2D eigenvalue weighted by Gasteiger charge is 2.61. The molecule has 0 aromatic carbocycles. The lowest BCUT2D eigenvalue weighted by molar-refractivity contribution is -0.196. The van der Waals surface area contributed by atoms with Gasteiger partial charge in [-0.25, -0.2) is 8.78 Å². The van der Waals surface area contributed by atoms with Gasteiger partial charge in [-0.3, -0.25) is 19.2 Å². The van der Waals surface area contributed by atoms with E-state index in [0.717, 1.165) is 4.90 Å². The fourth-order valence-electron chi connectivity index (χ4n) is 5.49. The van der Waals surface area contributed by atoms with E-state index in [4.69, 9.17) is 0 Å². The zero-order valence-electron chi connectivity index (χ0n) is 20.4. The summed E-state index contributed by atoms with van der Waals surface area (Å²) in [7, 11) is 0. The van der Waals surface area contributed by atoms with Gasteiger partial charge in [0.1, 0.15) is 18.1 Å². The molecule has 14 heteroatoms. The molecule has 1 aliphatic carbocycles. The molecule has 0 aromatic heterocycles. The summed E-state index contributed by atoms with van der Waals surface area (Å²) in [5, 5.41) is 16.1. The van der Waals surface area contributed by atoms with Gasteiger partial charge in [0, 0.05) is 24.9 Å². The average Bonchev–Trinajstić information content (AvgIpc) is 3.19. The second kappa shape index (κ2) is 10.8. The van der Waals surface area contributed by atoms with Crippen LogP contribution in [-0.2, 0) is 19.2 Å². The average molecular weight is 536 g/mol. The predicted octanol–water partition coefficient (Wildman–Crippen LogP) is 1.63. The van der Waals surface area contributed by atoms with Crippen LogP contribution in [0.25, 0.3) is 0 Å². The monoisotopic (exact) mass is 535 g/mol. The maximum atomic E-state index is 14.9. The zero-order chi connectivity index (χ0) is 27.7. The van der Waals surface area contributed by atoms with Crippen LogP contribution in [0, 0.1) is 29.1 Å². The van der Waals surface area contributed by atoms with Crippen molar-refractivity contribution in [3.8, 4) is 6.07 Å². The molecule has 1 saturated carbocycles. The number of carbonyl (C=O) groups excluding carboxylic acids is 4. The maximum absolute atomic E-state index is 14.9. The van der Waals surface area contributed by atoms with Crippen molar-refractivity contribution in [1.29, 1.82) is 5.26 Å². The van der Waals surface area contributed by atoms with Crippen LogP contribution in [0.1, 0.15) is 52.4 Å². The van der Waals surface area contributed by atoms with Crippen LogP contribution in [0.5, 0.6) is 0 Å². The van der Waals surface area contributed by atoms with Crippen LogP contribution in [-0.4, -0.2) is 71.3 Å². The number of hydrogen-bond donors (Lipinski definition) is 3. The van der Waals surface area contributed by atoms with Gasteiger partial charge in [-0.1, -0.05) is 13.8 Å². The number of nitriles is 1. The van der Waals surface area contributed by atoms with E-state index >= 15 is 0 Å². The number of piperidine rings is 2. The molecule has 0 spiro atoms. The van der Waals surface area contributed by atoms with Gasteiger partial charge in [-0.2, -0.15) is 18.4 Å². The van der Waals surface area contributed by atoms with Gasteiger partial charge in [-0.05, 0) is 38.0 Å². The lowest BCUT2D eigenvalue weighted by Crippen LogP contribution is -2.71. The van der Waals surface area contributed by atoms with Crippen molar-refractivity contribution in [3.63, 3.8) is 0 Å². The standard InChI is InChI=1S/C23H30F5N5O4/c1-11(2)7-16(32-21(37)23(26,27)28)20(36)33-14-3-4-15(22(24,25)9-14)17(33)19(35)31-13(10-29)8-12-5-6-30-18(12)34/h11-17H,3-9H2,1-2H3,(H,30,34)(H,31,35)(H,32,37)/t12-,13+,14-,15-,16+,17+/m1/s1. The molecular formula is C23H30F5N5O4. The highest BCUT2D eigenvalue weighted by atomic mass is 19.4. The van der Waals surface area contributed by atoms with E-state index in [1.165, 1.54) is 0 Å². The van der Waals surface area contributed by atoms with Gasteiger partial charge in [0.2, 0.25) is 17.7 Å². The maximum Gasteiger partial charge on any atom is 0.471 e. The first-order chi connectivity index (χ1) is 17.2. The first-order valence-corrected chi connectivity index (χ1v) is 12.2. The van der Waals surface area contributed by atoms with Crippen molar-refractivity contribution in [2.75, 3.05) is 6.54 Å². The van der Waals surface area contributed by atoms with Crippen LogP contribution in [0.15, 0.2) is 0 Å². The van der Waals surface area contributed by atoms with Gasteiger partial charge in [0.15, 0.2) is 0 Å². The van der Waals surface area contributed by atoms with Gasteiger partial charge in [0.25, 0.3) is 5.92 Å². The molecule has 0 radical (unpaired) electrons. The van der Waals surface area contributed by atoms with E-state index < -0.39 is 72.2 Å². The molecule has 4 fully saturated rings. The number of nitrogens with zero attached hydrogens (tertiary/aromatic N) is 2. The largest absolute Gasteiger partial charge is 0.471 e. The van der Waals surface area contributed by atoms with Crippen molar-refractivity contribution >= 4 is 23.6 Å². The quantitative estimate of drug-likeness (QED) is 0.407. The Morgan fingerprint density at radius 2 is 1.86 bits per heavy atom. The smallest absolute Gasteiger partial charge is 0.356 e. The second-order valence-electron chi connectivity index (χ2n) is 10.3. The molecule has 37 heavy (non-hydrogen) atoms. The Morgan fingerprint density at radius 1 is 1.19 bits per heavy atom. The van der Waals surface area contributed by atoms with E-state index in [1.54, 1.807) is 19.2 Å². The Bertz CT molecular complexity index is 966. The number of fused-ring (bicyclic) bond motifs is 3. The molecule has 4 aliphatic rings. The topological polar surface area (TPSA) is 131 Å². The van der Waals surface area contributed by atoms with Crippen molar-refractivity contribution in [3.05, 3.63) is 0 Å². The third-order valence-corrected chi connectivity index (χ3v) is 7.18. The Kier molecular flexibility index (Phi) is 8.34. The lowest BCUT2D eigenvalue weighted by Gasteiger charge is -2.54. The molecule has 4 rings (SSSR count). The predicted molar refractivity (Wildman–Crippen MR) is 117 cm³/mol. The van der Waals surface area contributed by atoms with Crippen LogP contribution >= 0.6 is 0 Å². The molecule has 3 heterocycles. The van der Waals surface area contributed by atoms with Crippen LogP contribution in [0.3, 0.4) is 0 Å². The third kappa shape index (κ3) is 6.30. The van der Waals surface area contributed by atoms with Crippen LogP contribution < -0.4 is 16.0 Å². The Labute approximate surface area is 210 Å². The Hall–Kier alpha value is -2.98.